The van der Waals surface area contributed by atoms with E-state index in [1.54, 1.807) is 0 Å². The molecular weight excluding hydrogens is 278 g/mol. The fourth-order valence-corrected chi connectivity index (χ4v) is 3.14. The highest BCUT2D eigenvalue weighted by molar-refractivity contribution is 6.00. The predicted molar refractivity (Wildman–Crippen MR) is 86.0 cm³/mol. The highest BCUT2D eigenvalue weighted by Gasteiger charge is 2.24. The Balaban J connectivity index is 1.89. The van der Waals surface area contributed by atoms with Gasteiger partial charge in [-0.15, -0.1) is 0 Å². The van der Waals surface area contributed by atoms with Gasteiger partial charge in [0.1, 0.15) is 5.58 Å². The van der Waals surface area contributed by atoms with E-state index in [2.05, 4.69) is 5.32 Å². The number of carbonyl (C=O) groups is 1. The molecule has 4 nitrogen and oxygen atoms in total. The topological polar surface area (TPSA) is 62.5 Å². The minimum Gasteiger partial charge on any atom is -0.450 e. The van der Waals surface area contributed by atoms with Gasteiger partial charge in [-0.1, -0.05) is 24.3 Å². The summed E-state index contributed by atoms with van der Waals surface area (Å²) in [6, 6.07) is 4.01. The molecule has 0 bridgehead atoms. The van der Waals surface area contributed by atoms with E-state index in [0.717, 1.165) is 34.1 Å². The van der Waals surface area contributed by atoms with Crippen molar-refractivity contribution in [2.24, 2.45) is 5.92 Å². The van der Waals surface area contributed by atoms with Crippen molar-refractivity contribution < 1.29 is 14.3 Å². The summed E-state index contributed by atoms with van der Waals surface area (Å²) in [7, 11) is 0. The Morgan fingerprint density at radius 1 is 1.27 bits per heavy atom. The van der Waals surface area contributed by atoms with Crippen LogP contribution in [0.1, 0.15) is 33.7 Å². The lowest BCUT2D eigenvalue weighted by Gasteiger charge is -2.11. The van der Waals surface area contributed by atoms with Crippen LogP contribution in [0.15, 0.2) is 28.7 Å². The minimum atomic E-state index is -0.194. The molecule has 0 radical (unpaired) electrons. The molecule has 0 aliphatic heterocycles. The predicted octanol–water partition coefficient (Wildman–Crippen LogP) is 3.02. The molecule has 0 fully saturated rings. The molecule has 2 N–H and O–H groups in total. The van der Waals surface area contributed by atoms with Gasteiger partial charge in [0.15, 0.2) is 5.76 Å². The second-order valence-corrected chi connectivity index (χ2v) is 6.10. The average molecular weight is 299 g/mol. The lowest BCUT2D eigenvalue weighted by atomic mass is 10.0. The molecule has 1 heterocycles. The van der Waals surface area contributed by atoms with Gasteiger partial charge in [-0.2, -0.15) is 0 Å². The number of hydrogen-bond donors (Lipinski definition) is 2. The Bertz CT molecular complexity index is 757. The van der Waals surface area contributed by atoms with Gasteiger partial charge in [-0.05, 0) is 38.3 Å². The van der Waals surface area contributed by atoms with Gasteiger partial charge < -0.3 is 14.8 Å². The van der Waals surface area contributed by atoms with Crippen LogP contribution in [0.2, 0.25) is 0 Å². The highest BCUT2D eigenvalue weighted by Crippen LogP contribution is 2.30. The molecule has 1 aliphatic carbocycles. The third kappa shape index (κ3) is 2.44. The first-order valence-corrected chi connectivity index (χ1v) is 7.60. The van der Waals surface area contributed by atoms with E-state index in [4.69, 9.17) is 9.52 Å². The number of carbonyl (C=O) groups excluding carboxylic acids is 1. The number of fused-ring (bicyclic) bond motifs is 1. The standard InChI is InChI=1S/C18H21NO3/c1-10-4-5-11(2)16-15(10)12(3)17(22-16)18(21)19-14-7-6-13(8-14)9-20/h4-7,13-14,20H,8-9H2,1-3H3,(H,19,21)/t13-,14+/m0/s1. The summed E-state index contributed by atoms with van der Waals surface area (Å²) in [5, 5.41) is 13.2. The SMILES string of the molecule is Cc1ccc(C)c2c(C)c(C(=O)N[C@@H]3C=C[C@H](CO)C3)oc12. The van der Waals surface area contributed by atoms with Crippen LogP contribution in [0.3, 0.4) is 0 Å². The average Bonchev–Trinajstić information content (AvgIpc) is 3.08. The molecule has 116 valence electrons. The first kappa shape index (κ1) is 14.9. The van der Waals surface area contributed by atoms with Crippen LogP contribution in [0.25, 0.3) is 11.0 Å². The largest absolute Gasteiger partial charge is 0.450 e. The van der Waals surface area contributed by atoms with Gasteiger partial charge in [-0.3, -0.25) is 4.79 Å². The third-order valence-electron chi connectivity index (χ3n) is 4.41. The molecule has 1 aromatic heterocycles. The number of nitrogens with one attached hydrogen (secondary N) is 1. The molecule has 0 unspecified atom stereocenters. The quantitative estimate of drug-likeness (QED) is 0.856. The van der Waals surface area contributed by atoms with Gasteiger partial charge in [-0.25, -0.2) is 0 Å². The number of rotatable bonds is 3. The molecule has 1 aromatic carbocycles. The van der Waals surface area contributed by atoms with E-state index >= 15 is 0 Å². The van der Waals surface area contributed by atoms with Crippen molar-refractivity contribution in [2.45, 2.75) is 33.2 Å². The maximum absolute atomic E-state index is 12.5. The maximum Gasteiger partial charge on any atom is 0.287 e. The van der Waals surface area contributed by atoms with Gasteiger partial charge >= 0.3 is 0 Å². The summed E-state index contributed by atoms with van der Waals surface area (Å²) in [5.74, 6) is 0.320. The number of aliphatic hydroxyl groups is 1. The molecule has 1 amide bonds. The summed E-state index contributed by atoms with van der Waals surface area (Å²) in [5.41, 5.74) is 3.82. The van der Waals surface area contributed by atoms with E-state index in [1.165, 1.54) is 0 Å². The Labute approximate surface area is 129 Å². The van der Waals surface area contributed by atoms with E-state index in [9.17, 15) is 4.79 Å². The highest BCUT2D eigenvalue weighted by atomic mass is 16.3. The van der Waals surface area contributed by atoms with Crippen molar-refractivity contribution in [2.75, 3.05) is 6.61 Å². The monoisotopic (exact) mass is 299 g/mol. The first-order chi connectivity index (χ1) is 10.5. The Hall–Kier alpha value is -2.07. The Kier molecular flexibility index (Phi) is 3.79. The van der Waals surface area contributed by atoms with E-state index in [1.807, 2.05) is 45.1 Å². The van der Waals surface area contributed by atoms with Crippen LogP contribution in [-0.4, -0.2) is 23.7 Å². The van der Waals surface area contributed by atoms with Gasteiger partial charge in [0.05, 0.1) is 0 Å². The molecule has 2 atom stereocenters. The first-order valence-electron chi connectivity index (χ1n) is 7.60. The van der Waals surface area contributed by atoms with Crippen molar-refractivity contribution in [3.63, 3.8) is 0 Å². The van der Waals surface area contributed by atoms with Crippen molar-refractivity contribution >= 4 is 16.9 Å². The second kappa shape index (κ2) is 5.61. The van der Waals surface area contributed by atoms with Crippen LogP contribution >= 0.6 is 0 Å². The Morgan fingerprint density at radius 3 is 2.64 bits per heavy atom. The Morgan fingerprint density at radius 2 is 2.00 bits per heavy atom. The fourth-order valence-electron chi connectivity index (χ4n) is 3.14. The number of amides is 1. The van der Waals surface area contributed by atoms with Crippen LogP contribution in [0.4, 0.5) is 0 Å². The summed E-state index contributed by atoms with van der Waals surface area (Å²) >= 11 is 0. The van der Waals surface area contributed by atoms with Crippen LogP contribution < -0.4 is 5.32 Å². The van der Waals surface area contributed by atoms with Crippen LogP contribution in [-0.2, 0) is 0 Å². The molecule has 0 saturated heterocycles. The zero-order valence-corrected chi connectivity index (χ0v) is 13.1. The summed E-state index contributed by atoms with van der Waals surface area (Å²) in [6.45, 7) is 6.05. The summed E-state index contributed by atoms with van der Waals surface area (Å²) in [4.78, 5) is 12.5. The second-order valence-electron chi connectivity index (χ2n) is 6.10. The molecule has 1 aliphatic rings. The smallest absolute Gasteiger partial charge is 0.287 e. The van der Waals surface area contributed by atoms with E-state index < -0.39 is 0 Å². The number of hydrogen-bond acceptors (Lipinski definition) is 3. The lowest BCUT2D eigenvalue weighted by Crippen LogP contribution is -2.33. The summed E-state index contributed by atoms with van der Waals surface area (Å²) in [6.07, 6.45) is 4.62. The zero-order chi connectivity index (χ0) is 15.9. The van der Waals surface area contributed by atoms with Gasteiger partial charge in [0, 0.05) is 29.5 Å². The molecule has 2 aromatic rings. The molecule has 4 heteroatoms. The molecule has 22 heavy (non-hydrogen) atoms. The van der Waals surface area contributed by atoms with Crippen LogP contribution in [0.5, 0.6) is 0 Å². The lowest BCUT2D eigenvalue weighted by molar-refractivity contribution is 0.0914. The molecular formula is C18H21NO3. The molecule has 0 saturated carbocycles. The number of furan rings is 1. The van der Waals surface area contributed by atoms with Crippen molar-refractivity contribution in [1.82, 2.24) is 5.32 Å². The molecule has 0 spiro atoms. The number of aryl methyl sites for hydroxylation is 3. The molecule has 3 rings (SSSR count). The maximum atomic E-state index is 12.5. The minimum absolute atomic E-state index is 0.0422. The number of benzene rings is 1. The van der Waals surface area contributed by atoms with E-state index in [0.29, 0.717) is 5.76 Å². The van der Waals surface area contributed by atoms with Crippen molar-refractivity contribution in [1.29, 1.82) is 0 Å². The van der Waals surface area contributed by atoms with Crippen LogP contribution in [0, 0.1) is 26.7 Å². The van der Waals surface area contributed by atoms with Gasteiger partial charge in [0.25, 0.3) is 5.91 Å². The normalized spacial score (nSPS) is 20.7. The zero-order valence-electron chi connectivity index (χ0n) is 13.1. The third-order valence-corrected chi connectivity index (χ3v) is 4.41. The summed E-state index contributed by atoms with van der Waals surface area (Å²) < 4.78 is 5.85. The van der Waals surface area contributed by atoms with Crippen molar-refractivity contribution in [3.05, 3.63) is 46.7 Å². The van der Waals surface area contributed by atoms with Crippen molar-refractivity contribution in [3.8, 4) is 0 Å². The fraction of sp³-hybridized carbons (Fsp3) is 0.389. The van der Waals surface area contributed by atoms with E-state index in [-0.39, 0.29) is 24.5 Å². The van der Waals surface area contributed by atoms with Gasteiger partial charge in [0.2, 0.25) is 0 Å². The number of aliphatic hydroxyl groups excluding tert-OH is 1.